The van der Waals surface area contributed by atoms with Crippen LogP contribution in [0.1, 0.15) is 6.92 Å². The molecule has 1 saturated heterocycles. The van der Waals surface area contributed by atoms with Gasteiger partial charge in [0.15, 0.2) is 0 Å². The van der Waals surface area contributed by atoms with Gasteiger partial charge in [0, 0.05) is 0 Å². The molecule has 1 aliphatic rings. The van der Waals surface area contributed by atoms with E-state index in [1.54, 1.807) is 0 Å². The summed E-state index contributed by atoms with van der Waals surface area (Å²) in [6.07, 6.45) is 0.261. The highest BCUT2D eigenvalue weighted by Gasteiger charge is 2.22. The van der Waals surface area contributed by atoms with Crippen LogP contribution in [0.2, 0.25) is 0 Å². The molecule has 4 heteroatoms. The van der Waals surface area contributed by atoms with Crippen molar-refractivity contribution < 1.29 is 14.3 Å². The summed E-state index contributed by atoms with van der Waals surface area (Å²) in [4.78, 5) is 4.97. The Morgan fingerprint density at radius 2 is 2.55 bits per heavy atom. The van der Waals surface area contributed by atoms with Crippen molar-refractivity contribution >= 4 is 0 Å². The number of hydrogen-bond acceptors (Lipinski definition) is 4. The molecule has 1 fully saturated rings. The van der Waals surface area contributed by atoms with Gasteiger partial charge in [0.25, 0.3) is 0 Å². The molecule has 1 N–H and O–H groups in total. The third kappa shape index (κ3) is 3.85. The number of rotatable bonds is 6. The predicted octanol–water partition coefficient (Wildman–Crippen LogP) is 0.414. The fourth-order valence-electron chi connectivity index (χ4n) is 0.583. The van der Waals surface area contributed by atoms with Crippen molar-refractivity contribution in [2.45, 2.75) is 13.0 Å². The SMILES string of the molecule is C=C(NOCC1CO1)OCC. The Labute approximate surface area is 66.1 Å². The van der Waals surface area contributed by atoms with Gasteiger partial charge in [-0.1, -0.05) is 0 Å². The lowest BCUT2D eigenvalue weighted by atomic mass is 10.5. The lowest BCUT2D eigenvalue weighted by Gasteiger charge is -2.08. The number of hydrogen-bond donors (Lipinski definition) is 1. The van der Waals surface area contributed by atoms with E-state index < -0.39 is 0 Å². The first-order valence-corrected chi connectivity index (χ1v) is 3.64. The summed E-state index contributed by atoms with van der Waals surface area (Å²) in [6, 6.07) is 0. The third-order valence-electron chi connectivity index (χ3n) is 1.18. The molecule has 11 heavy (non-hydrogen) atoms. The Hall–Kier alpha value is -0.740. The second kappa shape index (κ2) is 4.20. The smallest absolute Gasteiger partial charge is 0.203 e. The Morgan fingerprint density at radius 3 is 3.09 bits per heavy atom. The average molecular weight is 159 g/mol. The van der Waals surface area contributed by atoms with Crippen LogP contribution in [-0.4, -0.2) is 25.9 Å². The van der Waals surface area contributed by atoms with E-state index in [-0.39, 0.29) is 6.10 Å². The zero-order valence-electron chi connectivity index (χ0n) is 6.63. The lowest BCUT2D eigenvalue weighted by Crippen LogP contribution is -2.18. The molecule has 1 atom stereocenters. The predicted molar refractivity (Wildman–Crippen MR) is 39.6 cm³/mol. The molecule has 0 spiro atoms. The minimum absolute atomic E-state index is 0.261. The maximum atomic E-state index is 4.97. The summed E-state index contributed by atoms with van der Waals surface area (Å²) >= 11 is 0. The van der Waals surface area contributed by atoms with Gasteiger partial charge in [-0.2, -0.15) is 0 Å². The van der Waals surface area contributed by atoms with Crippen LogP contribution in [0.5, 0.6) is 0 Å². The molecule has 64 valence electrons. The summed E-state index contributed by atoms with van der Waals surface area (Å²) in [6.45, 7) is 7.38. The Bertz CT molecular complexity index is 134. The molecular formula is C7H13NO3. The third-order valence-corrected chi connectivity index (χ3v) is 1.18. The van der Waals surface area contributed by atoms with Gasteiger partial charge < -0.3 is 9.47 Å². The summed E-state index contributed by atoms with van der Waals surface area (Å²) in [5.74, 6) is 0.438. The van der Waals surface area contributed by atoms with E-state index in [1.165, 1.54) is 0 Å². The van der Waals surface area contributed by atoms with E-state index in [4.69, 9.17) is 14.3 Å². The van der Waals surface area contributed by atoms with Crippen LogP contribution >= 0.6 is 0 Å². The average Bonchev–Trinajstić information content (AvgIpc) is 2.72. The fourth-order valence-corrected chi connectivity index (χ4v) is 0.583. The van der Waals surface area contributed by atoms with Crippen molar-refractivity contribution in [1.82, 2.24) is 5.48 Å². The first-order chi connectivity index (χ1) is 5.33. The molecule has 0 saturated carbocycles. The van der Waals surface area contributed by atoms with Crippen LogP contribution in [0, 0.1) is 0 Å². The van der Waals surface area contributed by atoms with E-state index in [2.05, 4.69) is 12.1 Å². The maximum absolute atomic E-state index is 4.97. The van der Waals surface area contributed by atoms with Gasteiger partial charge in [-0.05, 0) is 13.5 Å². The molecule has 1 aliphatic heterocycles. The topological polar surface area (TPSA) is 43.0 Å². The molecule has 1 heterocycles. The van der Waals surface area contributed by atoms with Crippen LogP contribution in [0.3, 0.4) is 0 Å². The molecule has 0 aliphatic carbocycles. The van der Waals surface area contributed by atoms with Gasteiger partial charge in [0.05, 0.1) is 13.2 Å². The van der Waals surface area contributed by atoms with Gasteiger partial charge in [0.2, 0.25) is 5.88 Å². The molecule has 0 aromatic heterocycles. The molecule has 0 aromatic rings. The Morgan fingerprint density at radius 1 is 1.82 bits per heavy atom. The van der Waals surface area contributed by atoms with Crippen molar-refractivity contribution in [2.24, 2.45) is 0 Å². The zero-order valence-corrected chi connectivity index (χ0v) is 6.63. The summed E-state index contributed by atoms with van der Waals surface area (Å²) in [5, 5.41) is 0. The number of nitrogens with one attached hydrogen (secondary N) is 1. The highest BCUT2D eigenvalue weighted by atomic mass is 16.7. The highest BCUT2D eigenvalue weighted by molar-refractivity contribution is 4.74. The van der Waals surface area contributed by atoms with Crippen molar-refractivity contribution in [3.8, 4) is 0 Å². The van der Waals surface area contributed by atoms with Crippen LogP contribution in [0.4, 0.5) is 0 Å². The normalized spacial score (nSPS) is 21.0. The van der Waals surface area contributed by atoms with Crippen molar-refractivity contribution in [1.29, 1.82) is 0 Å². The van der Waals surface area contributed by atoms with Crippen LogP contribution in [0.25, 0.3) is 0 Å². The first-order valence-electron chi connectivity index (χ1n) is 3.64. The molecule has 0 aromatic carbocycles. The van der Waals surface area contributed by atoms with E-state index in [0.717, 1.165) is 6.61 Å². The minimum atomic E-state index is 0.261. The summed E-state index contributed by atoms with van der Waals surface area (Å²) in [5.41, 5.74) is 2.56. The van der Waals surface area contributed by atoms with Gasteiger partial charge >= 0.3 is 0 Å². The molecule has 0 amide bonds. The summed E-state index contributed by atoms with van der Waals surface area (Å²) < 4.78 is 9.89. The van der Waals surface area contributed by atoms with Crippen molar-refractivity contribution in [2.75, 3.05) is 19.8 Å². The van der Waals surface area contributed by atoms with E-state index >= 15 is 0 Å². The number of ether oxygens (including phenoxy) is 2. The monoisotopic (exact) mass is 159 g/mol. The minimum Gasteiger partial charge on any atom is -0.478 e. The number of hydroxylamine groups is 1. The maximum Gasteiger partial charge on any atom is 0.203 e. The van der Waals surface area contributed by atoms with Crippen molar-refractivity contribution in [3.63, 3.8) is 0 Å². The van der Waals surface area contributed by atoms with E-state index in [0.29, 0.717) is 19.1 Å². The first kappa shape index (κ1) is 8.36. The number of epoxide rings is 1. The van der Waals surface area contributed by atoms with Crippen LogP contribution in [0.15, 0.2) is 12.5 Å². The van der Waals surface area contributed by atoms with Crippen LogP contribution in [-0.2, 0) is 14.3 Å². The fraction of sp³-hybridized carbons (Fsp3) is 0.714. The van der Waals surface area contributed by atoms with Crippen LogP contribution < -0.4 is 5.48 Å². The molecule has 4 nitrogen and oxygen atoms in total. The lowest BCUT2D eigenvalue weighted by molar-refractivity contribution is 0.00928. The van der Waals surface area contributed by atoms with Gasteiger partial charge in [-0.3, -0.25) is 4.84 Å². The largest absolute Gasteiger partial charge is 0.478 e. The van der Waals surface area contributed by atoms with E-state index in [1.807, 2.05) is 6.92 Å². The van der Waals surface area contributed by atoms with Gasteiger partial charge in [-0.15, -0.1) is 0 Å². The zero-order chi connectivity index (χ0) is 8.10. The second-order valence-corrected chi connectivity index (χ2v) is 2.22. The highest BCUT2D eigenvalue weighted by Crippen LogP contribution is 2.07. The standard InChI is InChI=1S/C7H13NO3/c1-3-9-6(2)8-11-5-7-4-10-7/h7-8H,2-5H2,1H3. The Balaban J connectivity index is 1.88. The second-order valence-electron chi connectivity index (χ2n) is 2.22. The van der Waals surface area contributed by atoms with E-state index in [9.17, 15) is 0 Å². The molecule has 0 bridgehead atoms. The molecular weight excluding hydrogens is 146 g/mol. The molecule has 0 radical (unpaired) electrons. The summed E-state index contributed by atoms with van der Waals surface area (Å²) in [7, 11) is 0. The quantitative estimate of drug-likeness (QED) is 0.346. The molecule has 1 unspecified atom stereocenters. The van der Waals surface area contributed by atoms with Crippen molar-refractivity contribution in [3.05, 3.63) is 12.5 Å². The van der Waals surface area contributed by atoms with Gasteiger partial charge in [0.1, 0.15) is 12.7 Å². The Kier molecular flexibility index (Phi) is 3.19. The van der Waals surface area contributed by atoms with Gasteiger partial charge in [-0.25, -0.2) is 5.48 Å². The molecule has 1 rings (SSSR count).